The molecule has 0 unspecified atom stereocenters. The first-order chi connectivity index (χ1) is 10.9. The van der Waals surface area contributed by atoms with Gasteiger partial charge in [-0.1, -0.05) is 17.7 Å². The summed E-state index contributed by atoms with van der Waals surface area (Å²) in [6.45, 7) is 3.55. The molecule has 0 aliphatic carbocycles. The van der Waals surface area contributed by atoms with Crippen molar-refractivity contribution in [2.45, 2.75) is 13.8 Å². The summed E-state index contributed by atoms with van der Waals surface area (Å²) in [5.41, 5.74) is 1.57. The summed E-state index contributed by atoms with van der Waals surface area (Å²) in [6, 6.07) is 8.34. The number of halogens is 2. The van der Waals surface area contributed by atoms with Crippen molar-refractivity contribution in [2.75, 3.05) is 5.32 Å². The first-order valence-corrected chi connectivity index (χ1v) is 8.76. The average Bonchev–Trinajstić information content (AvgIpc) is 3.08. The number of nitrogens with one attached hydrogen (secondary N) is 1. The second kappa shape index (κ2) is 6.39. The van der Waals surface area contributed by atoms with Crippen LogP contribution in [-0.2, 0) is 0 Å². The number of aromatic nitrogens is 1. The molecule has 7 heteroatoms. The Hall–Kier alpha value is -1.76. The molecule has 0 atom stereocenters. The van der Waals surface area contributed by atoms with E-state index in [9.17, 15) is 9.18 Å². The molecule has 23 heavy (non-hydrogen) atoms. The van der Waals surface area contributed by atoms with Crippen molar-refractivity contribution < 1.29 is 9.18 Å². The van der Waals surface area contributed by atoms with E-state index in [4.69, 9.17) is 11.6 Å². The van der Waals surface area contributed by atoms with Gasteiger partial charge in [-0.2, -0.15) is 0 Å². The number of amides is 1. The zero-order valence-corrected chi connectivity index (χ0v) is 14.7. The Morgan fingerprint density at radius 1 is 1.22 bits per heavy atom. The normalized spacial score (nSPS) is 10.8. The molecule has 0 fully saturated rings. The Morgan fingerprint density at radius 3 is 2.65 bits per heavy atom. The van der Waals surface area contributed by atoms with Gasteiger partial charge in [0.1, 0.15) is 15.7 Å². The monoisotopic (exact) mass is 366 g/mol. The molecule has 3 nitrogen and oxygen atoms in total. The van der Waals surface area contributed by atoms with E-state index >= 15 is 0 Å². The summed E-state index contributed by atoms with van der Waals surface area (Å²) in [4.78, 5) is 18.2. The van der Waals surface area contributed by atoms with Crippen molar-refractivity contribution in [2.24, 2.45) is 0 Å². The van der Waals surface area contributed by atoms with Crippen LogP contribution >= 0.6 is 34.3 Å². The summed E-state index contributed by atoms with van der Waals surface area (Å²) in [7, 11) is 0. The molecule has 3 rings (SSSR count). The summed E-state index contributed by atoms with van der Waals surface area (Å²) in [5.74, 6) is -0.817. The predicted octanol–water partition coefficient (Wildman–Crippen LogP) is 5.53. The third-order valence-electron chi connectivity index (χ3n) is 3.16. The maximum atomic E-state index is 13.9. The highest BCUT2D eigenvalue weighted by molar-refractivity contribution is 7.24. The number of hydrogen-bond donors (Lipinski definition) is 1. The lowest BCUT2D eigenvalue weighted by molar-refractivity contribution is 0.102. The molecule has 0 saturated heterocycles. The van der Waals surface area contributed by atoms with E-state index in [-0.39, 0.29) is 11.6 Å². The van der Waals surface area contributed by atoms with E-state index in [2.05, 4.69) is 10.3 Å². The second-order valence-electron chi connectivity index (χ2n) is 4.97. The number of anilines is 1. The molecule has 0 saturated carbocycles. The molecule has 0 spiro atoms. The number of hydrogen-bond acceptors (Lipinski definition) is 4. The minimum absolute atomic E-state index is 0.161. The maximum Gasteiger partial charge on any atom is 0.267 e. The van der Waals surface area contributed by atoms with Gasteiger partial charge in [0.15, 0.2) is 0 Å². The molecule has 1 aromatic carbocycles. The van der Waals surface area contributed by atoms with Gasteiger partial charge in [0.25, 0.3) is 5.91 Å². The van der Waals surface area contributed by atoms with Crippen molar-refractivity contribution in [3.63, 3.8) is 0 Å². The van der Waals surface area contributed by atoms with Gasteiger partial charge < -0.3 is 5.32 Å². The fourth-order valence-corrected chi connectivity index (χ4v) is 4.10. The van der Waals surface area contributed by atoms with E-state index in [0.29, 0.717) is 14.9 Å². The Balaban J connectivity index is 1.86. The van der Waals surface area contributed by atoms with Gasteiger partial charge in [0.05, 0.1) is 20.6 Å². The van der Waals surface area contributed by atoms with Crippen LogP contribution in [0, 0.1) is 19.7 Å². The minimum Gasteiger partial charge on any atom is -0.319 e. The van der Waals surface area contributed by atoms with Crippen molar-refractivity contribution in [1.29, 1.82) is 0 Å². The van der Waals surface area contributed by atoms with Gasteiger partial charge in [0, 0.05) is 0 Å². The Bertz CT molecular complexity index is 888. The molecule has 2 aromatic heterocycles. The van der Waals surface area contributed by atoms with Crippen LogP contribution in [0.1, 0.15) is 20.9 Å². The molecule has 2 heterocycles. The van der Waals surface area contributed by atoms with Crippen LogP contribution in [0.3, 0.4) is 0 Å². The second-order valence-corrected chi connectivity index (χ2v) is 7.69. The van der Waals surface area contributed by atoms with Gasteiger partial charge in [-0.05, 0) is 43.7 Å². The topological polar surface area (TPSA) is 42.0 Å². The third kappa shape index (κ3) is 3.44. The maximum absolute atomic E-state index is 13.9. The van der Waals surface area contributed by atoms with Crippen molar-refractivity contribution >= 4 is 45.9 Å². The first kappa shape index (κ1) is 16.1. The Morgan fingerprint density at radius 2 is 2.00 bits per heavy atom. The van der Waals surface area contributed by atoms with Crippen LogP contribution in [0.2, 0.25) is 4.34 Å². The van der Waals surface area contributed by atoms with E-state index < -0.39 is 5.82 Å². The fraction of sp³-hybridized carbons (Fsp3) is 0.125. The number of benzene rings is 1. The molecule has 3 aromatic rings. The number of carbonyl (C=O) groups excluding carboxylic acids is 1. The van der Waals surface area contributed by atoms with E-state index in [1.807, 2.05) is 6.07 Å². The lowest BCUT2D eigenvalue weighted by Gasteiger charge is -2.06. The lowest BCUT2D eigenvalue weighted by Crippen LogP contribution is -2.12. The number of thiazole rings is 1. The smallest absolute Gasteiger partial charge is 0.267 e. The van der Waals surface area contributed by atoms with Crippen LogP contribution < -0.4 is 5.32 Å². The van der Waals surface area contributed by atoms with Crippen LogP contribution in [0.15, 0.2) is 30.3 Å². The highest BCUT2D eigenvalue weighted by Gasteiger charge is 2.18. The summed E-state index contributed by atoms with van der Waals surface area (Å²) in [5, 5.41) is 3.33. The van der Waals surface area contributed by atoms with Crippen LogP contribution in [-0.4, -0.2) is 10.9 Å². The predicted molar refractivity (Wildman–Crippen MR) is 94.3 cm³/mol. The first-order valence-electron chi connectivity index (χ1n) is 6.74. The van der Waals surface area contributed by atoms with Crippen LogP contribution in [0.5, 0.6) is 0 Å². The fourth-order valence-electron chi connectivity index (χ4n) is 2.04. The quantitative estimate of drug-likeness (QED) is 0.661. The molecule has 0 aliphatic rings. The number of aryl methyl sites for hydroxylation is 2. The number of nitrogens with zero attached hydrogens (tertiary/aromatic N) is 1. The van der Waals surface area contributed by atoms with Crippen molar-refractivity contribution in [1.82, 2.24) is 4.98 Å². The van der Waals surface area contributed by atoms with E-state index in [1.54, 1.807) is 32.0 Å². The van der Waals surface area contributed by atoms with Crippen molar-refractivity contribution in [3.05, 3.63) is 56.6 Å². The largest absolute Gasteiger partial charge is 0.319 e. The van der Waals surface area contributed by atoms with E-state index in [1.165, 1.54) is 28.7 Å². The molecule has 118 valence electrons. The van der Waals surface area contributed by atoms with Crippen LogP contribution in [0.4, 0.5) is 10.1 Å². The number of carbonyl (C=O) groups is 1. The number of thiophene rings is 1. The molecular weight excluding hydrogens is 355 g/mol. The van der Waals surface area contributed by atoms with Gasteiger partial charge in [-0.3, -0.25) is 4.79 Å². The van der Waals surface area contributed by atoms with Gasteiger partial charge in [0.2, 0.25) is 0 Å². The summed E-state index contributed by atoms with van der Waals surface area (Å²) in [6.07, 6.45) is 0. The van der Waals surface area contributed by atoms with Gasteiger partial charge in [-0.15, -0.1) is 22.7 Å². The van der Waals surface area contributed by atoms with E-state index in [0.717, 1.165) is 15.4 Å². The molecule has 1 amide bonds. The minimum atomic E-state index is -0.453. The zero-order chi connectivity index (χ0) is 16.6. The SMILES string of the molecule is Cc1ccc(NC(=O)c2sc(-c3ccc(Cl)s3)nc2C)c(F)c1. The van der Waals surface area contributed by atoms with Gasteiger partial charge >= 0.3 is 0 Å². The Kier molecular flexibility index (Phi) is 4.48. The summed E-state index contributed by atoms with van der Waals surface area (Å²) < 4.78 is 14.5. The molecule has 1 N–H and O–H groups in total. The highest BCUT2D eigenvalue weighted by atomic mass is 35.5. The van der Waals surface area contributed by atoms with Crippen molar-refractivity contribution in [3.8, 4) is 9.88 Å². The zero-order valence-electron chi connectivity index (χ0n) is 12.3. The third-order valence-corrected chi connectivity index (χ3v) is 5.72. The molecular formula is C16H12ClFN2OS2. The number of rotatable bonds is 3. The highest BCUT2D eigenvalue weighted by Crippen LogP contribution is 2.35. The molecule has 0 aliphatic heterocycles. The lowest BCUT2D eigenvalue weighted by atomic mass is 10.2. The Labute approximate surface area is 145 Å². The van der Waals surface area contributed by atoms with Gasteiger partial charge in [-0.25, -0.2) is 9.37 Å². The van der Waals surface area contributed by atoms with Crippen LogP contribution in [0.25, 0.3) is 9.88 Å². The molecule has 0 radical (unpaired) electrons. The summed E-state index contributed by atoms with van der Waals surface area (Å²) >= 11 is 8.60. The average molecular weight is 367 g/mol. The molecule has 0 bridgehead atoms. The standard InChI is InChI=1S/C16H12ClFN2OS2/c1-8-3-4-11(10(18)7-8)20-15(21)14-9(2)19-16(23-14)12-5-6-13(17)22-12/h3-7H,1-2H3,(H,20,21).